The van der Waals surface area contributed by atoms with E-state index >= 15 is 0 Å². The van der Waals surface area contributed by atoms with Gasteiger partial charge in [0.2, 0.25) is 0 Å². The SMILES string of the molecule is Cc1c(C(=O)OCc2noc(-c3ccc(F)cc3)c2C)cccc1[N+](=O)[O-]. The Morgan fingerprint density at radius 2 is 1.89 bits per heavy atom. The highest BCUT2D eigenvalue weighted by Crippen LogP contribution is 2.27. The van der Waals surface area contributed by atoms with Gasteiger partial charge in [0.1, 0.15) is 18.1 Å². The number of carbonyl (C=O) groups is 1. The molecular formula is C19H15FN2O5. The Morgan fingerprint density at radius 3 is 2.56 bits per heavy atom. The zero-order valence-corrected chi connectivity index (χ0v) is 14.6. The molecule has 0 aliphatic carbocycles. The van der Waals surface area contributed by atoms with E-state index in [1.807, 2.05) is 0 Å². The maximum absolute atomic E-state index is 13.0. The highest BCUT2D eigenvalue weighted by molar-refractivity contribution is 5.92. The number of hydrogen-bond acceptors (Lipinski definition) is 6. The van der Waals surface area contributed by atoms with E-state index in [-0.39, 0.29) is 29.2 Å². The minimum Gasteiger partial charge on any atom is -0.455 e. The number of rotatable bonds is 5. The second-order valence-corrected chi connectivity index (χ2v) is 5.87. The van der Waals surface area contributed by atoms with Crippen molar-refractivity contribution < 1.29 is 23.4 Å². The van der Waals surface area contributed by atoms with E-state index in [1.165, 1.54) is 37.3 Å². The zero-order chi connectivity index (χ0) is 19.6. The molecule has 0 atom stereocenters. The monoisotopic (exact) mass is 370 g/mol. The lowest BCUT2D eigenvalue weighted by Crippen LogP contribution is -2.09. The van der Waals surface area contributed by atoms with Crippen LogP contribution in [0.1, 0.15) is 27.2 Å². The molecule has 2 aromatic carbocycles. The fourth-order valence-corrected chi connectivity index (χ4v) is 2.63. The molecule has 0 N–H and O–H groups in total. The van der Waals surface area contributed by atoms with Gasteiger partial charge in [-0.2, -0.15) is 0 Å². The van der Waals surface area contributed by atoms with Gasteiger partial charge in [-0.1, -0.05) is 11.2 Å². The number of nitro benzene ring substituents is 1. The van der Waals surface area contributed by atoms with Crippen molar-refractivity contribution in [3.8, 4) is 11.3 Å². The molecule has 138 valence electrons. The van der Waals surface area contributed by atoms with E-state index < -0.39 is 10.9 Å². The average molecular weight is 370 g/mol. The lowest BCUT2D eigenvalue weighted by molar-refractivity contribution is -0.385. The van der Waals surface area contributed by atoms with Gasteiger partial charge < -0.3 is 9.26 Å². The molecule has 7 nitrogen and oxygen atoms in total. The predicted octanol–water partition coefficient (Wildman–Crippen LogP) is 4.36. The van der Waals surface area contributed by atoms with Crippen LogP contribution in [0, 0.1) is 29.8 Å². The summed E-state index contributed by atoms with van der Waals surface area (Å²) in [5.41, 5.74) is 1.91. The Hall–Kier alpha value is -3.55. The van der Waals surface area contributed by atoms with Crippen molar-refractivity contribution in [2.75, 3.05) is 0 Å². The molecular weight excluding hydrogens is 355 g/mol. The standard InChI is InChI=1S/C19H15FN2O5/c1-11-15(4-3-5-17(11)22(24)25)19(23)26-10-16-12(2)18(27-21-16)13-6-8-14(20)9-7-13/h3-9H,10H2,1-2H3. The molecule has 0 saturated heterocycles. The number of aromatic nitrogens is 1. The van der Waals surface area contributed by atoms with E-state index in [1.54, 1.807) is 19.1 Å². The molecule has 0 aliphatic heterocycles. The first kappa shape index (κ1) is 18.2. The highest BCUT2D eigenvalue weighted by Gasteiger charge is 2.20. The van der Waals surface area contributed by atoms with Gasteiger partial charge in [0.15, 0.2) is 5.76 Å². The quantitative estimate of drug-likeness (QED) is 0.376. The van der Waals surface area contributed by atoms with Gasteiger partial charge in [0, 0.05) is 22.8 Å². The summed E-state index contributed by atoms with van der Waals surface area (Å²) in [5.74, 6) is -0.605. The van der Waals surface area contributed by atoms with Crippen LogP contribution in [0.2, 0.25) is 0 Å². The molecule has 0 bridgehead atoms. The van der Waals surface area contributed by atoms with E-state index in [9.17, 15) is 19.3 Å². The second-order valence-electron chi connectivity index (χ2n) is 5.87. The molecule has 3 aromatic rings. The topological polar surface area (TPSA) is 95.5 Å². The Bertz CT molecular complexity index is 1010. The molecule has 0 aliphatic rings. The van der Waals surface area contributed by atoms with Crippen molar-refractivity contribution in [1.29, 1.82) is 0 Å². The van der Waals surface area contributed by atoms with Crippen LogP contribution in [0.25, 0.3) is 11.3 Å². The van der Waals surface area contributed by atoms with Crippen LogP contribution < -0.4 is 0 Å². The normalized spacial score (nSPS) is 10.6. The molecule has 8 heteroatoms. The smallest absolute Gasteiger partial charge is 0.339 e. The number of hydrogen-bond donors (Lipinski definition) is 0. The third-order valence-corrected chi connectivity index (χ3v) is 4.19. The molecule has 1 heterocycles. The number of benzene rings is 2. The molecule has 0 spiro atoms. The minimum atomic E-state index is -0.693. The summed E-state index contributed by atoms with van der Waals surface area (Å²) in [5, 5.41) is 14.9. The largest absolute Gasteiger partial charge is 0.455 e. The van der Waals surface area contributed by atoms with Crippen molar-refractivity contribution >= 4 is 11.7 Å². The van der Waals surface area contributed by atoms with Crippen molar-refractivity contribution in [2.24, 2.45) is 0 Å². The Labute approximate surface area is 153 Å². The van der Waals surface area contributed by atoms with Crippen LogP contribution in [0.5, 0.6) is 0 Å². The zero-order valence-electron chi connectivity index (χ0n) is 14.6. The van der Waals surface area contributed by atoms with Gasteiger partial charge in [-0.3, -0.25) is 10.1 Å². The summed E-state index contributed by atoms with van der Waals surface area (Å²) in [4.78, 5) is 22.7. The highest BCUT2D eigenvalue weighted by atomic mass is 19.1. The van der Waals surface area contributed by atoms with Crippen molar-refractivity contribution in [1.82, 2.24) is 5.16 Å². The fourth-order valence-electron chi connectivity index (χ4n) is 2.63. The Morgan fingerprint density at radius 1 is 1.19 bits per heavy atom. The Kier molecular flexibility index (Phi) is 4.98. The summed E-state index contributed by atoms with van der Waals surface area (Å²) in [6, 6.07) is 9.95. The van der Waals surface area contributed by atoms with E-state index in [2.05, 4.69) is 5.16 Å². The number of ether oxygens (including phenoxy) is 1. The Balaban J connectivity index is 1.76. The number of esters is 1. The van der Waals surface area contributed by atoms with E-state index in [0.29, 0.717) is 22.6 Å². The van der Waals surface area contributed by atoms with Crippen LogP contribution >= 0.6 is 0 Å². The molecule has 0 radical (unpaired) electrons. The first-order chi connectivity index (χ1) is 12.9. The summed E-state index contributed by atoms with van der Waals surface area (Å²) in [7, 11) is 0. The van der Waals surface area contributed by atoms with Crippen LogP contribution in [-0.2, 0) is 11.3 Å². The fraction of sp³-hybridized carbons (Fsp3) is 0.158. The lowest BCUT2D eigenvalue weighted by Gasteiger charge is -2.06. The summed E-state index contributed by atoms with van der Waals surface area (Å²) in [6.45, 7) is 3.08. The molecule has 0 saturated carbocycles. The van der Waals surface area contributed by atoms with Gasteiger partial charge in [-0.15, -0.1) is 0 Å². The first-order valence-corrected chi connectivity index (χ1v) is 8.00. The predicted molar refractivity (Wildman–Crippen MR) is 93.6 cm³/mol. The average Bonchev–Trinajstić information content (AvgIpc) is 3.01. The summed E-state index contributed by atoms with van der Waals surface area (Å²) in [6.07, 6.45) is 0. The van der Waals surface area contributed by atoms with Crippen LogP contribution in [0.4, 0.5) is 10.1 Å². The van der Waals surface area contributed by atoms with Gasteiger partial charge in [-0.05, 0) is 44.2 Å². The van der Waals surface area contributed by atoms with Gasteiger partial charge in [0.05, 0.1) is 10.5 Å². The molecule has 1 aromatic heterocycles. The minimum absolute atomic E-state index is 0.115. The summed E-state index contributed by atoms with van der Waals surface area (Å²) >= 11 is 0. The molecule has 0 amide bonds. The van der Waals surface area contributed by atoms with Gasteiger partial charge in [-0.25, -0.2) is 9.18 Å². The number of nitrogens with zero attached hydrogens (tertiary/aromatic N) is 2. The van der Waals surface area contributed by atoms with E-state index in [4.69, 9.17) is 9.26 Å². The first-order valence-electron chi connectivity index (χ1n) is 8.00. The van der Waals surface area contributed by atoms with Crippen molar-refractivity contribution in [3.63, 3.8) is 0 Å². The third-order valence-electron chi connectivity index (χ3n) is 4.19. The number of nitro groups is 1. The van der Waals surface area contributed by atoms with Gasteiger partial charge >= 0.3 is 5.97 Å². The maximum atomic E-state index is 13.0. The third kappa shape index (κ3) is 3.69. The summed E-state index contributed by atoms with van der Waals surface area (Å²) < 4.78 is 23.6. The molecule has 3 rings (SSSR count). The number of halogens is 1. The molecule has 27 heavy (non-hydrogen) atoms. The van der Waals surface area contributed by atoms with Crippen molar-refractivity contribution in [2.45, 2.75) is 20.5 Å². The van der Waals surface area contributed by atoms with Crippen LogP contribution in [0.15, 0.2) is 47.0 Å². The lowest BCUT2D eigenvalue weighted by atomic mass is 10.1. The molecule has 0 fully saturated rings. The number of carbonyl (C=O) groups excluding carboxylic acids is 1. The van der Waals surface area contributed by atoms with Crippen LogP contribution in [-0.4, -0.2) is 16.0 Å². The van der Waals surface area contributed by atoms with Crippen molar-refractivity contribution in [3.05, 3.63) is 80.8 Å². The van der Waals surface area contributed by atoms with Crippen LogP contribution in [0.3, 0.4) is 0 Å². The second kappa shape index (κ2) is 7.36. The van der Waals surface area contributed by atoms with E-state index in [0.717, 1.165) is 0 Å². The molecule has 0 unspecified atom stereocenters. The maximum Gasteiger partial charge on any atom is 0.339 e. The van der Waals surface area contributed by atoms with Gasteiger partial charge in [0.25, 0.3) is 5.69 Å².